The second-order valence-corrected chi connectivity index (χ2v) is 11.5. The molecule has 0 aliphatic carbocycles. The van der Waals surface area contributed by atoms with Crippen molar-refractivity contribution in [1.29, 1.82) is 0 Å². The fraction of sp³-hybridized carbons (Fsp3) is 0. The third kappa shape index (κ3) is 4.23. The summed E-state index contributed by atoms with van der Waals surface area (Å²) in [5, 5.41) is 2.34. The van der Waals surface area contributed by atoms with E-state index in [2.05, 4.69) is 167 Å². The molecular weight excluding hydrogens is 560 g/mol. The lowest BCUT2D eigenvalue weighted by Crippen LogP contribution is -2.03. The van der Waals surface area contributed by atoms with Gasteiger partial charge in [-0.15, -0.1) is 0 Å². The minimum absolute atomic E-state index is 0.862. The van der Waals surface area contributed by atoms with Crippen molar-refractivity contribution in [3.63, 3.8) is 0 Å². The first kappa shape index (κ1) is 26.2. The maximum atomic E-state index is 5.38. The molecule has 0 amide bonds. The van der Waals surface area contributed by atoms with Gasteiger partial charge in [-0.25, -0.2) is 9.97 Å². The molecule has 0 saturated carbocycles. The Bertz CT molecular complexity index is 2440. The molecule has 0 N–H and O–H groups in total. The lowest BCUT2D eigenvalue weighted by molar-refractivity contribution is 1.07. The van der Waals surface area contributed by atoms with E-state index in [4.69, 9.17) is 9.97 Å². The van der Waals surface area contributed by atoms with E-state index in [9.17, 15) is 0 Å². The maximum Gasteiger partial charge on any atom is 0.145 e. The molecule has 0 aliphatic heterocycles. The van der Waals surface area contributed by atoms with Crippen LogP contribution in [0.2, 0.25) is 0 Å². The van der Waals surface area contributed by atoms with Gasteiger partial charge in [-0.3, -0.25) is 9.13 Å². The minimum atomic E-state index is 0.862. The van der Waals surface area contributed by atoms with E-state index in [1.807, 2.05) is 12.1 Å². The highest BCUT2D eigenvalue weighted by molar-refractivity contribution is 6.18. The van der Waals surface area contributed by atoms with Crippen LogP contribution < -0.4 is 0 Å². The van der Waals surface area contributed by atoms with Crippen molar-refractivity contribution in [3.05, 3.63) is 170 Å². The monoisotopic (exact) mass is 588 g/mol. The second-order valence-electron chi connectivity index (χ2n) is 11.5. The van der Waals surface area contributed by atoms with Gasteiger partial charge in [-0.05, 0) is 53.6 Å². The van der Waals surface area contributed by atoms with Gasteiger partial charge in [0.2, 0.25) is 0 Å². The molecule has 9 rings (SSSR count). The zero-order valence-electron chi connectivity index (χ0n) is 25.0. The molecule has 0 fully saturated rings. The van der Waals surface area contributed by atoms with E-state index < -0.39 is 0 Å². The predicted molar refractivity (Wildman–Crippen MR) is 190 cm³/mol. The van der Waals surface area contributed by atoms with Gasteiger partial charge >= 0.3 is 0 Å². The van der Waals surface area contributed by atoms with E-state index in [1.165, 1.54) is 5.39 Å². The fourth-order valence-electron chi connectivity index (χ4n) is 6.64. The van der Waals surface area contributed by atoms with Crippen molar-refractivity contribution in [2.24, 2.45) is 0 Å². The van der Waals surface area contributed by atoms with Crippen molar-refractivity contribution in [1.82, 2.24) is 19.1 Å². The molecule has 0 aliphatic rings. The van der Waals surface area contributed by atoms with Gasteiger partial charge in [0.05, 0.1) is 27.8 Å². The van der Waals surface area contributed by atoms with Crippen LogP contribution in [0.15, 0.2) is 170 Å². The molecule has 6 aromatic carbocycles. The average Bonchev–Trinajstić information content (AvgIpc) is 3.69. The second kappa shape index (κ2) is 10.7. The highest BCUT2D eigenvalue weighted by atomic mass is 15.1. The van der Waals surface area contributed by atoms with Crippen molar-refractivity contribution in [2.75, 3.05) is 0 Å². The summed E-state index contributed by atoms with van der Waals surface area (Å²) < 4.78 is 4.64. The quantitative estimate of drug-likeness (QED) is 0.200. The van der Waals surface area contributed by atoms with Crippen LogP contribution >= 0.6 is 0 Å². The van der Waals surface area contributed by atoms with Crippen molar-refractivity contribution in [2.45, 2.75) is 0 Å². The third-order valence-electron chi connectivity index (χ3n) is 8.71. The first-order valence-corrected chi connectivity index (χ1v) is 15.5. The summed E-state index contributed by atoms with van der Waals surface area (Å²) in [4.78, 5) is 10.7. The number of nitrogens with zero attached hydrogens (tertiary/aromatic N) is 4. The van der Waals surface area contributed by atoms with Gasteiger partial charge in [0.25, 0.3) is 0 Å². The predicted octanol–water partition coefficient (Wildman–Crippen LogP) is 10.5. The number of aromatic nitrogens is 4. The smallest absolute Gasteiger partial charge is 0.145 e. The highest BCUT2D eigenvalue weighted by Gasteiger charge is 2.23. The first-order chi connectivity index (χ1) is 22.8. The normalized spacial score (nSPS) is 11.5. The van der Waals surface area contributed by atoms with E-state index >= 15 is 0 Å². The molecule has 3 aromatic heterocycles. The van der Waals surface area contributed by atoms with Crippen molar-refractivity contribution in [3.8, 4) is 45.3 Å². The largest absolute Gasteiger partial charge is 0.292 e. The third-order valence-corrected chi connectivity index (χ3v) is 8.71. The molecule has 0 bridgehead atoms. The Balaban J connectivity index is 1.45. The molecule has 0 atom stereocenters. The van der Waals surface area contributed by atoms with Crippen LogP contribution in [-0.4, -0.2) is 19.1 Å². The Kier molecular flexibility index (Phi) is 6.10. The zero-order valence-corrected chi connectivity index (χ0v) is 25.0. The molecule has 0 saturated heterocycles. The molecule has 9 aromatic rings. The standard InChI is InChI=1S/C42H28N4/c1-5-15-29(16-6-1)32-27-37(30-17-7-2-8-18-30)43-39(28-32)46-38-24-14-13-23-34(38)35-25-26-36-41(40(35)46)45(33-21-11-4-12-22-33)42(44-36)31-19-9-3-10-20-31/h1-28H. The molecular formula is C42H28N4. The zero-order chi connectivity index (χ0) is 30.5. The lowest BCUT2D eigenvalue weighted by atomic mass is 10.0. The van der Waals surface area contributed by atoms with Crippen LogP contribution in [0.3, 0.4) is 0 Å². The van der Waals surface area contributed by atoms with Crippen LogP contribution in [0.1, 0.15) is 0 Å². The van der Waals surface area contributed by atoms with E-state index in [-0.39, 0.29) is 0 Å². The number of hydrogen-bond donors (Lipinski definition) is 0. The summed E-state index contributed by atoms with van der Waals surface area (Å²) in [6.07, 6.45) is 0. The van der Waals surface area contributed by atoms with Crippen LogP contribution in [0.4, 0.5) is 0 Å². The number of imidazole rings is 1. The molecule has 4 nitrogen and oxygen atoms in total. The van der Waals surface area contributed by atoms with Gasteiger partial charge in [0.15, 0.2) is 0 Å². The molecule has 46 heavy (non-hydrogen) atoms. The number of para-hydroxylation sites is 2. The van der Waals surface area contributed by atoms with Crippen molar-refractivity contribution >= 4 is 32.8 Å². The topological polar surface area (TPSA) is 35.6 Å². The fourth-order valence-corrected chi connectivity index (χ4v) is 6.64. The molecule has 0 unspecified atom stereocenters. The van der Waals surface area contributed by atoms with Crippen LogP contribution in [0.25, 0.3) is 78.1 Å². The molecule has 3 heterocycles. The Hall–Kier alpha value is -6.26. The molecule has 216 valence electrons. The summed E-state index contributed by atoms with van der Waals surface area (Å²) in [5.41, 5.74) is 10.5. The Morgan fingerprint density at radius 2 is 1.00 bits per heavy atom. The number of hydrogen-bond acceptors (Lipinski definition) is 2. The Morgan fingerprint density at radius 1 is 0.391 bits per heavy atom. The summed E-state index contributed by atoms with van der Waals surface area (Å²) in [6, 6.07) is 59.4. The minimum Gasteiger partial charge on any atom is -0.292 e. The van der Waals surface area contributed by atoms with E-state index in [0.717, 1.165) is 72.7 Å². The molecule has 0 spiro atoms. The number of pyridine rings is 1. The van der Waals surface area contributed by atoms with E-state index in [0.29, 0.717) is 0 Å². The number of benzene rings is 6. The molecule has 0 radical (unpaired) electrons. The van der Waals surface area contributed by atoms with Gasteiger partial charge in [0.1, 0.15) is 11.6 Å². The number of rotatable bonds is 5. The molecule has 4 heteroatoms. The van der Waals surface area contributed by atoms with Gasteiger partial charge < -0.3 is 0 Å². The van der Waals surface area contributed by atoms with E-state index in [1.54, 1.807) is 0 Å². The summed E-state index contributed by atoms with van der Waals surface area (Å²) in [5.74, 6) is 1.77. The maximum absolute atomic E-state index is 5.38. The van der Waals surface area contributed by atoms with Crippen LogP contribution in [0, 0.1) is 0 Å². The SMILES string of the molecule is c1ccc(-c2cc(-c3ccccc3)nc(-n3c4ccccc4c4ccc5nc(-c6ccccc6)n(-c6ccccc6)c5c43)c2)cc1. The van der Waals surface area contributed by atoms with Crippen LogP contribution in [0.5, 0.6) is 0 Å². The lowest BCUT2D eigenvalue weighted by Gasteiger charge is -2.15. The van der Waals surface area contributed by atoms with Crippen molar-refractivity contribution < 1.29 is 0 Å². The highest BCUT2D eigenvalue weighted by Crippen LogP contribution is 2.40. The van der Waals surface area contributed by atoms with Crippen LogP contribution in [-0.2, 0) is 0 Å². The summed E-state index contributed by atoms with van der Waals surface area (Å²) in [6.45, 7) is 0. The average molecular weight is 589 g/mol. The Labute approximate surface area is 266 Å². The number of fused-ring (bicyclic) bond motifs is 5. The summed E-state index contributed by atoms with van der Waals surface area (Å²) >= 11 is 0. The Morgan fingerprint density at radius 3 is 1.72 bits per heavy atom. The first-order valence-electron chi connectivity index (χ1n) is 15.5. The van der Waals surface area contributed by atoms with Gasteiger partial charge in [-0.2, -0.15) is 0 Å². The van der Waals surface area contributed by atoms with Gasteiger partial charge in [-0.1, -0.05) is 127 Å². The van der Waals surface area contributed by atoms with Gasteiger partial charge in [0, 0.05) is 27.6 Å². The summed E-state index contributed by atoms with van der Waals surface area (Å²) in [7, 11) is 0.